The van der Waals surface area contributed by atoms with Crippen molar-refractivity contribution in [2.24, 2.45) is 0 Å². The van der Waals surface area contributed by atoms with Crippen molar-refractivity contribution < 1.29 is 9.90 Å². The van der Waals surface area contributed by atoms with Gasteiger partial charge in [-0.15, -0.1) is 0 Å². The molecule has 0 unspecified atom stereocenters. The van der Waals surface area contributed by atoms with Crippen molar-refractivity contribution in [1.29, 1.82) is 0 Å². The Bertz CT molecular complexity index is 1110. The monoisotopic (exact) mass is 426 g/mol. The van der Waals surface area contributed by atoms with Crippen molar-refractivity contribution in [2.75, 3.05) is 13.1 Å². The number of aromatic nitrogens is 3. The summed E-state index contributed by atoms with van der Waals surface area (Å²) in [6.45, 7) is 1.08. The molecule has 3 heterocycles. The van der Waals surface area contributed by atoms with Gasteiger partial charge in [0, 0.05) is 36.9 Å². The summed E-state index contributed by atoms with van der Waals surface area (Å²) >= 11 is 5.96. The molecule has 2 aromatic heterocycles. The fraction of sp³-hybridized carbons (Fsp3) is 0.364. The zero-order chi connectivity index (χ0) is 21.1. The van der Waals surface area contributed by atoms with E-state index in [1.165, 1.54) is 10.9 Å². The fourth-order valence-corrected chi connectivity index (χ4v) is 4.01. The molecule has 7 nitrogen and oxygen atoms in total. The maximum atomic E-state index is 12.7. The molecule has 30 heavy (non-hydrogen) atoms. The summed E-state index contributed by atoms with van der Waals surface area (Å²) in [5, 5.41) is 12.0. The van der Waals surface area contributed by atoms with Gasteiger partial charge in [0.05, 0.1) is 29.4 Å². The van der Waals surface area contributed by atoms with Crippen molar-refractivity contribution in [1.82, 2.24) is 19.4 Å². The number of carbonyl (C=O) groups excluding carboxylic acids is 1. The van der Waals surface area contributed by atoms with Crippen LogP contribution < -0.4 is 5.56 Å². The number of piperidine rings is 1. The van der Waals surface area contributed by atoms with Gasteiger partial charge in [-0.05, 0) is 49.1 Å². The van der Waals surface area contributed by atoms with Crippen molar-refractivity contribution in [2.45, 2.75) is 37.8 Å². The van der Waals surface area contributed by atoms with Crippen LogP contribution in [0.5, 0.6) is 0 Å². The number of likely N-dealkylation sites (tertiary alicyclic amines) is 1. The lowest BCUT2D eigenvalue weighted by atomic mass is 9.91. The highest BCUT2D eigenvalue weighted by Crippen LogP contribution is 2.25. The Hall–Kier alpha value is -2.77. The minimum atomic E-state index is -1.05. The Morgan fingerprint density at radius 3 is 2.77 bits per heavy atom. The molecule has 0 aliphatic carbocycles. The van der Waals surface area contributed by atoms with Gasteiger partial charge in [0.25, 0.3) is 5.56 Å². The van der Waals surface area contributed by atoms with Gasteiger partial charge in [0.1, 0.15) is 0 Å². The quantitative estimate of drug-likeness (QED) is 0.677. The predicted octanol–water partition coefficient (Wildman–Crippen LogP) is 2.43. The summed E-state index contributed by atoms with van der Waals surface area (Å²) in [5.41, 5.74) is 0.305. The van der Waals surface area contributed by atoms with Gasteiger partial charge in [-0.2, -0.15) is 0 Å². The molecule has 1 aromatic carbocycles. The van der Waals surface area contributed by atoms with Crippen LogP contribution in [0.3, 0.4) is 0 Å². The maximum Gasteiger partial charge on any atom is 0.261 e. The number of aryl methyl sites for hydroxylation is 1. The second-order valence-corrected chi connectivity index (χ2v) is 8.24. The molecule has 1 amide bonds. The Morgan fingerprint density at radius 2 is 2.03 bits per heavy atom. The van der Waals surface area contributed by atoms with Gasteiger partial charge in [-0.1, -0.05) is 17.7 Å². The van der Waals surface area contributed by atoms with Gasteiger partial charge in [0.2, 0.25) is 5.91 Å². The van der Waals surface area contributed by atoms with Crippen LogP contribution in [0.15, 0.2) is 53.8 Å². The van der Waals surface area contributed by atoms with E-state index in [1.54, 1.807) is 35.5 Å². The van der Waals surface area contributed by atoms with Gasteiger partial charge < -0.3 is 10.0 Å². The van der Waals surface area contributed by atoms with Crippen LogP contribution in [0, 0.1) is 0 Å². The number of aliphatic hydroxyl groups is 1. The molecule has 1 fully saturated rings. The van der Waals surface area contributed by atoms with Crippen LogP contribution in [-0.4, -0.2) is 49.1 Å². The van der Waals surface area contributed by atoms with E-state index in [1.807, 2.05) is 12.1 Å². The van der Waals surface area contributed by atoms with E-state index in [-0.39, 0.29) is 18.0 Å². The normalized spacial score (nSPS) is 16.0. The molecule has 0 bridgehead atoms. The molecule has 8 heteroatoms. The number of fused-ring (bicyclic) bond motifs is 1. The molecular formula is C22H23ClN4O3. The average Bonchev–Trinajstić information content (AvgIpc) is 2.75. The van der Waals surface area contributed by atoms with E-state index in [4.69, 9.17) is 11.6 Å². The lowest BCUT2D eigenvalue weighted by Crippen LogP contribution is -2.49. The molecule has 1 saturated heterocycles. The summed E-state index contributed by atoms with van der Waals surface area (Å²) in [5.74, 6) is 0.0716. The first-order valence-corrected chi connectivity index (χ1v) is 10.4. The number of halogens is 1. The topological polar surface area (TPSA) is 88.3 Å². The molecule has 0 spiro atoms. The standard InChI is InChI=1S/C22H23ClN4O3/c23-17-4-5-18-19(12-17)25-15-27(21(18)29)14-22(30)7-10-26(11-8-22)20(28)6-3-16-2-1-9-24-13-16/h1-2,4-5,9,12-13,15,30H,3,6-8,10-11,14H2. The highest BCUT2D eigenvalue weighted by atomic mass is 35.5. The summed E-state index contributed by atoms with van der Waals surface area (Å²) in [6, 6.07) is 8.77. The molecule has 0 atom stereocenters. The third kappa shape index (κ3) is 4.52. The van der Waals surface area contributed by atoms with Crippen molar-refractivity contribution in [3.8, 4) is 0 Å². The van der Waals surface area contributed by atoms with Crippen LogP contribution in [0.1, 0.15) is 24.8 Å². The largest absolute Gasteiger partial charge is 0.388 e. The Kier molecular flexibility index (Phi) is 5.83. The van der Waals surface area contributed by atoms with E-state index in [9.17, 15) is 14.7 Å². The first-order valence-electron chi connectivity index (χ1n) is 9.97. The van der Waals surface area contributed by atoms with Crippen molar-refractivity contribution in [3.63, 3.8) is 0 Å². The maximum absolute atomic E-state index is 12.7. The van der Waals surface area contributed by atoms with Gasteiger partial charge >= 0.3 is 0 Å². The van der Waals surface area contributed by atoms with Crippen LogP contribution in [0.25, 0.3) is 10.9 Å². The predicted molar refractivity (Wildman–Crippen MR) is 114 cm³/mol. The Balaban J connectivity index is 1.37. The summed E-state index contributed by atoms with van der Waals surface area (Å²) in [6.07, 6.45) is 6.82. The number of benzene rings is 1. The average molecular weight is 427 g/mol. The zero-order valence-corrected chi connectivity index (χ0v) is 17.3. The third-order valence-electron chi connectivity index (χ3n) is 5.65. The minimum absolute atomic E-state index is 0.0716. The zero-order valence-electron chi connectivity index (χ0n) is 16.5. The van der Waals surface area contributed by atoms with Crippen molar-refractivity contribution in [3.05, 3.63) is 70.0 Å². The molecule has 0 saturated carbocycles. The van der Waals surface area contributed by atoms with Crippen molar-refractivity contribution >= 4 is 28.4 Å². The van der Waals surface area contributed by atoms with Gasteiger partial charge in [-0.25, -0.2) is 4.98 Å². The molecule has 0 radical (unpaired) electrons. The lowest BCUT2D eigenvalue weighted by molar-refractivity contribution is -0.135. The van der Waals surface area contributed by atoms with Crippen LogP contribution >= 0.6 is 11.6 Å². The van der Waals surface area contributed by atoms with Gasteiger partial charge in [0.15, 0.2) is 0 Å². The second-order valence-electron chi connectivity index (χ2n) is 7.81. The Morgan fingerprint density at radius 1 is 1.23 bits per heavy atom. The lowest BCUT2D eigenvalue weighted by Gasteiger charge is -2.38. The highest BCUT2D eigenvalue weighted by molar-refractivity contribution is 6.31. The molecular weight excluding hydrogens is 404 g/mol. The summed E-state index contributed by atoms with van der Waals surface area (Å²) in [4.78, 5) is 35.4. The van der Waals surface area contributed by atoms with Crippen LogP contribution in [-0.2, 0) is 17.8 Å². The molecule has 3 aromatic rings. The number of hydrogen-bond acceptors (Lipinski definition) is 5. The molecule has 1 N–H and O–H groups in total. The number of carbonyl (C=O) groups is 1. The van der Waals surface area contributed by atoms with E-state index in [2.05, 4.69) is 9.97 Å². The molecule has 156 valence electrons. The third-order valence-corrected chi connectivity index (χ3v) is 5.88. The van der Waals surface area contributed by atoms with E-state index >= 15 is 0 Å². The smallest absolute Gasteiger partial charge is 0.261 e. The van der Waals surface area contributed by atoms with E-state index in [0.29, 0.717) is 54.7 Å². The first-order chi connectivity index (χ1) is 14.4. The van der Waals surface area contributed by atoms with Crippen LogP contribution in [0.2, 0.25) is 5.02 Å². The van der Waals surface area contributed by atoms with Crippen LogP contribution in [0.4, 0.5) is 0 Å². The minimum Gasteiger partial charge on any atom is -0.388 e. The molecule has 1 aliphatic heterocycles. The number of nitrogens with zero attached hydrogens (tertiary/aromatic N) is 4. The second kappa shape index (κ2) is 8.53. The van der Waals surface area contributed by atoms with Gasteiger partial charge in [-0.3, -0.25) is 19.1 Å². The number of amides is 1. The Labute approximate surface area is 178 Å². The number of pyridine rings is 1. The van der Waals surface area contributed by atoms with E-state index in [0.717, 1.165) is 5.56 Å². The number of hydrogen-bond donors (Lipinski definition) is 1. The SMILES string of the molecule is O=C(CCc1cccnc1)N1CCC(O)(Cn2cnc3cc(Cl)ccc3c2=O)CC1. The molecule has 1 aliphatic rings. The fourth-order valence-electron chi connectivity index (χ4n) is 3.85. The summed E-state index contributed by atoms with van der Waals surface area (Å²) < 4.78 is 1.44. The highest BCUT2D eigenvalue weighted by Gasteiger charge is 2.34. The van der Waals surface area contributed by atoms with E-state index < -0.39 is 5.60 Å². The first kappa shape index (κ1) is 20.5. The number of rotatable bonds is 5. The molecule has 4 rings (SSSR count). The summed E-state index contributed by atoms with van der Waals surface area (Å²) in [7, 11) is 0.